The third kappa shape index (κ3) is 5.48. The van der Waals surface area contributed by atoms with Crippen LogP contribution >= 0.6 is 11.3 Å². The topological polar surface area (TPSA) is 16.4 Å². The Morgan fingerprint density at radius 1 is 0.345 bits per heavy atom. The standard InChI is InChI=1S/C52H33NOS/c1-2-10-37-32-40(20-19-34(37)9-1)39-12-7-11-38(31-39)35-21-25-41(26-22-35)53(43-29-30-46-45-13-3-5-16-48(45)54-49(46)33-43)42-27-23-36(24-28-42)44-15-8-18-51-52(44)47-14-4-6-17-50(47)55-51/h1-33H. The Hall–Kier alpha value is -6.94. The molecule has 11 rings (SSSR count). The first-order chi connectivity index (χ1) is 27.2. The van der Waals surface area contributed by atoms with Gasteiger partial charge >= 0.3 is 0 Å². The van der Waals surface area contributed by atoms with Crippen molar-refractivity contribution in [2.75, 3.05) is 4.90 Å². The summed E-state index contributed by atoms with van der Waals surface area (Å²) in [5, 5.41) is 7.39. The zero-order valence-corrected chi connectivity index (χ0v) is 30.6. The number of rotatable bonds is 6. The summed E-state index contributed by atoms with van der Waals surface area (Å²) in [4.78, 5) is 2.33. The molecule has 0 aliphatic heterocycles. The van der Waals surface area contributed by atoms with Gasteiger partial charge in [0.15, 0.2) is 0 Å². The van der Waals surface area contributed by atoms with Crippen molar-refractivity contribution in [3.05, 3.63) is 200 Å². The number of hydrogen-bond donors (Lipinski definition) is 0. The molecule has 0 unspecified atom stereocenters. The van der Waals surface area contributed by atoms with E-state index in [4.69, 9.17) is 4.42 Å². The van der Waals surface area contributed by atoms with Gasteiger partial charge in [0.2, 0.25) is 0 Å². The lowest BCUT2D eigenvalue weighted by Crippen LogP contribution is -2.09. The largest absolute Gasteiger partial charge is 0.456 e. The van der Waals surface area contributed by atoms with Crippen LogP contribution in [0, 0.1) is 0 Å². The third-order valence-corrected chi connectivity index (χ3v) is 12.0. The summed E-state index contributed by atoms with van der Waals surface area (Å²) < 4.78 is 9.01. The van der Waals surface area contributed by atoms with E-state index in [1.807, 2.05) is 23.5 Å². The number of benzene rings is 9. The van der Waals surface area contributed by atoms with Gasteiger partial charge in [-0.25, -0.2) is 0 Å². The minimum absolute atomic E-state index is 0.874. The summed E-state index contributed by atoms with van der Waals surface area (Å²) in [5.74, 6) is 0. The first-order valence-corrected chi connectivity index (χ1v) is 19.5. The van der Waals surface area contributed by atoms with Crippen LogP contribution in [-0.2, 0) is 0 Å². The molecule has 0 N–H and O–H groups in total. The van der Waals surface area contributed by atoms with Crippen LogP contribution in [0.15, 0.2) is 205 Å². The first kappa shape index (κ1) is 31.6. The predicted octanol–water partition coefficient (Wildman–Crippen LogP) is 15.6. The minimum Gasteiger partial charge on any atom is -0.456 e. The predicted molar refractivity (Wildman–Crippen MR) is 235 cm³/mol. The van der Waals surface area contributed by atoms with Gasteiger partial charge in [-0.3, -0.25) is 0 Å². The second-order valence-electron chi connectivity index (χ2n) is 14.1. The molecule has 0 saturated heterocycles. The van der Waals surface area contributed by atoms with Crippen molar-refractivity contribution >= 4 is 81.3 Å². The Bertz CT molecular complexity index is 3210. The fraction of sp³-hybridized carbons (Fsp3) is 0. The summed E-state index contributed by atoms with van der Waals surface area (Å²) >= 11 is 1.86. The quantitative estimate of drug-likeness (QED) is 0.170. The Balaban J connectivity index is 0.992. The molecule has 3 heteroatoms. The monoisotopic (exact) mass is 719 g/mol. The summed E-state index contributed by atoms with van der Waals surface area (Å²) in [6, 6.07) is 72.2. The van der Waals surface area contributed by atoms with E-state index in [1.165, 1.54) is 64.3 Å². The molecule has 11 aromatic rings. The van der Waals surface area contributed by atoms with E-state index >= 15 is 0 Å². The van der Waals surface area contributed by atoms with Gasteiger partial charge in [-0.1, -0.05) is 127 Å². The number of furan rings is 1. The molecule has 55 heavy (non-hydrogen) atoms. The average molecular weight is 720 g/mol. The molecule has 0 amide bonds. The molecule has 0 radical (unpaired) electrons. The van der Waals surface area contributed by atoms with Gasteiger partial charge in [0.05, 0.1) is 0 Å². The zero-order valence-electron chi connectivity index (χ0n) is 29.8. The Kier molecular flexibility index (Phi) is 7.39. The minimum atomic E-state index is 0.874. The lowest BCUT2D eigenvalue weighted by Gasteiger charge is -2.26. The third-order valence-electron chi connectivity index (χ3n) is 10.9. The van der Waals surface area contributed by atoms with Crippen molar-refractivity contribution in [2.24, 2.45) is 0 Å². The molecule has 0 bridgehead atoms. The molecule has 258 valence electrons. The van der Waals surface area contributed by atoms with Crippen LogP contribution in [0.1, 0.15) is 0 Å². The Morgan fingerprint density at radius 3 is 1.78 bits per heavy atom. The molecule has 2 aromatic heterocycles. The summed E-state index contributed by atoms with van der Waals surface area (Å²) in [6.07, 6.45) is 0. The van der Waals surface area contributed by atoms with E-state index in [1.54, 1.807) is 0 Å². The maximum Gasteiger partial charge on any atom is 0.137 e. The lowest BCUT2D eigenvalue weighted by molar-refractivity contribution is 0.669. The fourth-order valence-electron chi connectivity index (χ4n) is 8.16. The van der Waals surface area contributed by atoms with Crippen LogP contribution in [0.3, 0.4) is 0 Å². The summed E-state index contributed by atoms with van der Waals surface area (Å²) in [7, 11) is 0. The molecular weight excluding hydrogens is 687 g/mol. The number of thiophene rings is 1. The highest BCUT2D eigenvalue weighted by Crippen LogP contribution is 2.43. The lowest BCUT2D eigenvalue weighted by atomic mass is 9.97. The van der Waals surface area contributed by atoms with E-state index in [2.05, 4.69) is 193 Å². The Morgan fingerprint density at radius 2 is 0.945 bits per heavy atom. The van der Waals surface area contributed by atoms with Crippen molar-refractivity contribution in [3.8, 4) is 33.4 Å². The number of hydrogen-bond acceptors (Lipinski definition) is 3. The SMILES string of the molecule is c1cc(-c2ccc(N(c3ccc(-c4cccc5sc6ccccc6c45)cc3)c3ccc4c(c3)oc3ccccc34)cc2)cc(-c2ccc3ccccc3c2)c1. The molecule has 0 fully saturated rings. The second kappa shape index (κ2) is 12.9. The van der Waals surface area contributed by atoms with Gasteiger partial charge in [0, 0.05) is 54.1 Å². The van der Waals surface area contributed by atoms with Crippen molar-refractivity contribution in [1.29, 1.82) is 0 Å². The summed E-state index contributed by atoms with van der Waals surface area (Å²) in [5.41, 5.74) is 12.2. The van der Waals surface area contributed by atoms with Crippen LogP contribution in [0.25, 0.3) is 86.3 Å². The van der Waals surface area contributed by atoms with Crippen LogP contribution in [0.5, 0.6) is 0 Å². The first-order valence-electron chi connectivity index (χ1n) is 18.7. The van der Waals surface area contributed by atoms with Gasteiger partial charge in [-0.2, -0.15) is 0 Å². The van der Waals surface area contributed by atoms with E-state index in [9.17, 15) is 0 Å². The van der Waals surface area contributed by atoms with Crippen molar-refractivity contribution in [2.45, 2.75) is 0 Å². The highest BCUT2D eigenvalue weighted by molar-refractivity contribution is 7.25. The molecule has 0 atom stereocenters. The number of anilines is 3. The molecule has 0 aliphatic carbocycles. The van der Waals surface area contributed by atoms with Gasteiger partial charge in [0.1, 0.15) is 11.2 Å². The van der Waals surface area contributed by atoms with Crippen LogP contribution in [0.2, 0.25) is 0 Å². The van der Waals surface area contributed by atoms with Crippen LogP contribution < -0.4 is 4.90 Å². The van der Waals surface area contributed by atoms with Crippen LogP contribution in [0.4, 0.5) is 17.1 Å². The van der Waals surface area contributed by atoms with Gasteiger partial charge in [-0.05, 0) is 111 Å². The number of nitrogens with zero attached hydrogens (tertiary/aromatic N) is 1. The molecule has 0 spiro atoms. The van der Waals surface area contributed by atoms with E-state index in [-0.39, 0.29) is 0 Å². The van der Waals surface area contributed by atoms with E-state index in [0.29, 0.717) is 0 Å². The number of para-hydroxylation sites is 1. The van der Waals surface area contributed by atoms with Crippen molar-refractivity contribution < 1.29 is 4.42 Å². The molecular formula is C52H33NOS. The Labute approximate surface area is 322 Å². The molecule has 2 nitrogen and oxygen atoms in total. The smallest absolute Gasteiger partial charge is 0.137 e. The fourth-order valence-corrected chi connectivity index (χ4v) is 9.29. The molecule has 0 aliphatic rings. The summed E-state index contributed by atoms with van der Waals surface area (Å²) in [6.45, 7) is 0. The highest BCUT2D eigenvalue weighted by Gasteiger charge is 2.17. The maximum absolute atomic E-state index is 6.38. The van der Waals surface area contributed by atoms with Gasteiger partial charge in [0.25, 0.3) is 0 Å². The normalized spacial score (nSPS) is 11.6. The van der Waals surface area contributed by atoms with E-state index < -0.39 is 0 Å². The second-order valence-corrected chi connectivity index (χ2v) is 15.2. The molecule has 0 saturated carbocycles. The molecule has 2 heterocycles. The van der Waals surface area contributed by atoms with Gasteiger partial charge < -0.3 is 9.32 Å². The highest BCUT2D eigenvalue weighted by atomic mass is 32.1. The van der Waals surface area contributed by atoms with Crippen LogP contribution in [-0.4, -0.2) is 0 Å². The van der Waals surface area contributed by atoms with Crippen molar-refractivity contribution in [1.82, 2.24) is 0 Å². The average Bonchev–Trinajstić information content (AvgIpc) is 3.82. The number of fused-ring (bicyclic) bond motifs is 7. The molecule has 9 aromatic carbocycles. The van der Waals surface area contributed by atoms with Gasteiger partial charge in [-0.15, -0.1) is 11.3 Å². The van der Waals surface area contributed by atoms with E-state index in [0.717, 1.165) is 39.0 Å². The maximum atomic E-state index is 6.38. The zero-order chi connectivity index (χ0) is 36.3. The van der Waals surface area contributed by atoms with Crippen molar-refractivity contribution in [3.63, 3.8) is 0 Å².